The zero-order valence-electron chi connectivity index (χ0n) is 10.8. The molecular formula is C14H23NO. The van der Waals surface area contributed by atoms with Gasteiger partial charge in [-0.05, 0) is 49.9 Å². The highest BCUT2D eigenvalue weighted by atomic mass is 16.5. The van der Waals surface area contributed by atoms with E-state index in [0.717, 1.165) is 12.2 Å². The maximum Gasteiger partial charge on any atom is 0.123 e. The summed E-state index contributed by atoms with van der Waals surface area (Å²) in [6.45, 7) is 9.20. The van der Waals surface area contributed by atoms with Gasteiger partial charge in [0.2, 0.25) is 0 Å². The van der Waals surface area contributed by atoms with Gasteiger partial charge in [0, 0.05) is 0 Å². The Hall–Kier alpha value is -1.02. The molecule has 0 fully saturated rings. The van der Waals surface area contributed by atoms with Gasteiger partial charge in [-0.25, -0.2) is 0 Å². The SMILES string of the molecule is Cc1ccc(C(C)C)c(OC(C)CCN)c1. The number of hydrogen-bond acceptors (Lipinski definition) is 2. The molecule has 1 unspecified atom stereocenters. The summed E-state index contributed by atoms with van der Waals surface area (Å²) in [4.78, 5) is 0. The second-order valence-electron chi connectivity index (χ2n) is 4.70. The van der Waals surface area contributed by atoms with Gasteiger partial charge in [-0.2, -0.15) is 0 Å². The molecule has 2 nitrogen and oxygen atoms in total. The molecule has 90 valence electrons. The molecule has 0 saturated carbocycles. The monoisotopic (exact) mass is 221 g/mol. The van der Waals surface area contributed by atoms with E-state index in [1.165, 1.54) is 11.1 Å². The van der Waals surface area contributed by atoms with Crippen LogP contribution >= 0.6 is 0 Å². The van der Waals surface area contributed by atoms with Gasteiger partial charge >= 0.3 is 0 Å². The summed E-state index contributed by atoms with van der Waals surface area (Å²) in [7, 11) is 0. The molecule has 1 aromatic rings. The number of ether oxygens (including phenoxy) is 1. The lowest BCUT2D eigenvalue weighted by molar-refractivity contribution is 0.211. The average Bonchev–Trinajstić information content (AvgIpc) is 2.17. The number of nitrogens with two attached hydrogens (primary N) is 1. The minimum absolute atomic E-state index is 0.185. The molecule has 0 amide bonds. The van der Waals surface area contributed by atoms with Crippen LogP contribution in [0, 0.1) is 6.92 Å². The van der Waals surface area contributed by atoms with Gasteiger partial charge < -0.3 is 10.5 Å². The summed E-state index contributed by atoms with van der Waals surface area (Å²) in [6, 6.07) is 6.41. The third kappa shape index (κ3) is 3.53. The van der Waals surface area contributed by atoms with E-state index in [-0.39, 0.29) is 6.10 Å². The van der Waals surface area contributed by atoms with Crippen molar-refractivity contribution in [3.05, 3.63) is 29.3 Å². The van der Waals surface area contributed by atoms with E-state index in [1.807, 2.05) is 0 Å². The minimum atomic E-state index is 0.185. The Bertz CT molecular complexity index is 334. The molecule has 2 N–H and O–H groups in total. The summed E-state index contributed by atoms with van der Waals surface area (Å²) in [6.07, 6.45) is 1.08. The van der Waals surface area contributed by atoms with Gasteiger partial charge in [-0.3, -0.25) is 0 Å². The van der Waals surface area contributed by atoms with Crippen LogP contribution in [-0.4, -0.2) is 12.6 Å². The third-order valence-electron chi connectivity index (χ3n) is 2.69. The first-order chi connectivity index (χ1) is 7.54. The van der Waals surface area contributed by atoms with Gasteiger partial charge in [0.05, 0.1) is 6.10 Å². The van der Waals surface area contributed by atoms with E-state index < -0.39 is 0 Å². The van der Waals surface area contributed by atoms with Crippen LogP contribution in [-0.2, 0) is 0 Å². The van der Waals surface area contributed by atoms with Crippen LogP contribution in [0.1, 0.15) is 44.2 Å². The Labute approximate surface area is 98.8 Å². The summed E-state index contributed by atoms with van der Waals surface area (Å²) >= 11 is 0. The molecule has 0 heterocycles. The summed E-state index contributed by atoms with van der Waals surface area (Å²) < 4.78 is 5.95. The van der Waals surface area contributed by atoms with Crippen molar-refractivity contribution in [2.75, 3.05) is 6.54 Å². The zero-order valence-corrected chi connectivity index (χ0v) is 10.8. The maximum absolute atomic E-state index is 5.95. The lowest BCUT2D eigenvalue weighted by Crippen LogP contribution is -2.17. The van der Waals surface area contributed by atoms with Crippen molar-refractivity contribution in [1.29, 1.82) is 0 Å². The van der Waals surface area contributed by atoms with Gasteiger partial charge in [0.15, 0.2) is 0 Å². The molecule has 16 heavy (non-hydrogen) atoms. The van der Waals surface area contributed by atoms with Crippen molar-refractivity contribution < 1.29 is 4.74 Å². The van der Waals surface area contributed by atoms with Crippen LogP contribution < -0.4 is 10.5 Å². The summed E-state index contributed by atoms with van der Waals surface area (Å²) in [5.41, 5.74) is 8.04. The first-order valence-electron chi connectivity index (χ1n) is 6.02. The molecule has 0 bridgehead atoms. The van der Waals surface area contributed by atoms with Crippen LogP contribution in [0.4, 0.5) is 0 Å². The zero-order chi connectivity index (χ0) is 12.1. The number of rotatable bonds is 5. The highest BCUT2D eigenvalue weighted by molar-refractivity contribution is 5.39. The van der Waals surface area contributed by atoms with E-state index in [2.05, 4.69) is 45.9 Å². The fraction of sp³-hybridized carbons (Fsp3) is 0.571. The molecule has 0 aliphatic heterocycles. The van der Waals surface area contributed by atoms with E-state index in [4.69, 9.17) is 10.5 Å². The Balaban J connectivity index is 2.87. The predicted molar refractivity (Wildman–Crippen MR) is 69.0 cm³/mol. The molecule has 0 saturated heterocycles. The van der Waals surface area contributed by atoms with Crippen LogP contribution in [0.15, 0.2) is 18.2 Å². The minimum Gasteiger partial charge on any atom is -0.490 e. The normalized spacial score (nSPS) is 12.9. The van der Waals surface area contributed by atoms with Crippen molar-refractivity contribution in [1.82, 2.24) is 0 Å². The molecule has 0 aliphatic rings. The quantitative estimate of drug-likeness (QED) is 0.828. The molecule has 0 radical (unpaired) electrons. The van der Waals surface area contributed by atoms with Crippen LogP contribution in [0.2, 0.25) is 0 Å². The molecule has 2 heteroatoms. The van der Waals surface area contributed by atoms with Gasteiger partial charge in [0.1, 0.15) is 5.75 Å². The second kappa shape index (κ2) is 5.90. The van der Waals surface area contributed by atoms with E-state index in [0.29, 0.717) is 12.5 Å². The van der Waals surface area contributed by atoms with Crippen molar-refractivity contribution >= 4 is 0 Å². The molecular weight excluding hydrogens is 198 g/mol. The summed E-state index contributed by atoms with van der Waals surface area (Å²) in [5, 5.41) is 0. The molecule has 0 aliphatic carbocycles. The van der Waals surface area contributed by atoms with Crippen molar-refractivity contribution in [3.8, 4) is 5.75 Å². The third-order valence-corrected chi connectivity index (χ3v) is 2.69. The smallest absolute Gasteiger partial charge is 0.123 e. The van der Waals surface area contributed by atoms with Crippen LogP contribution in [0.5, 0.6) is 5.75 Å². The van der Waals surface area contributed by atoms with Crippen LogP contribution in [0.3, 0.4) is 0 Å². The summed E-state index contributed by atoms with van der Waals surface area (Å²) in [5.74, 6) is 1.50. The molecule has 1 rings (SSSR count). The van der Waals surface area contributed by atoms with Crippen molar-refractivity contribution in [2.24, 2.45) is 5.73 Å². The Kier molecular flexibility index (Phi) is 4.81. The van der Waals surface area contributed by atoms with E-state index in [9.17, 15) is 0 Å². The first kappa shape index (κ1) is 13.0. The average molecular weight is 221 g/mol. The van der Waals surface area contributed by atoms with Crippen LogP contribution in [0.25, 0.3) is 0 Å². The second-order valence-corrected chi connectivity index (χ2v) is 4.70. The highest BCUT2D eigenvalue weighted by Crippen LogP contribution is 2.28. The lowest BCUT2D eigenvalue weighted by Gasteiger charge is -2.19. The van der Waals surface area contributed by atoms with Crippen molar-refractivity contribution in [2.45, 2.75) is 46.1 Å². The Morgan fingerprint density at radius 3 is 2.50 bits per heavy atom. The maximum atomic E-state index is 5.95. The fourth-order valence-corrected chi connectivity index (χ4v) is 1.73. The molecule has 1 aromatic carbocycles. The van der Waals surface area contributed by atoms with E-state index >= 15 is 0 Å². The predicted octanol–water partition coefficient (Wildman–Crippen LogP) is 3.23. The Morgan fingerprint density at radius 1 is 1.25 bits per heavy atom. The van der Waals surface area contributed by atoms with Crippen molar-refractivity contribution in [3.63, 3.8) is 0 Å². The molecule has 0 spiro atoms. The number of hydrogen-bond donors (Lipinski definition) is 1. The number of aryl methyl sites for hydroxylation is 1. The number of benzene rings is 1. The van der Waals surface area contributed by atoms with Gasteiger partial charge in [-0.1, -0.05) is 26.0 Å². The lowest BCUT2D eigenvalue weighted by atomic mass is 10.0. The fourth-order valence-electron chi connectivity index (χ4n) is 1.73. The highest BCUT2D eigenvalue weighted by Gasteiger charge is 2.10. The van der Waals surface area contributed by atoms with E-state index in [1.54, 1.807) is 0 Å². The van der Waals surface area contributed by atoms with Gasteiger partial charge in [-0.15, -0.1) is 0 Å². The topological polar surface area (TPSA) is 35.2 Å². The first-order valence-corrected chi connectivity index (χ1v) is 6.02. The van der Waals surface area contributed by atoms with Gasteiger partial charge in [0.25, 0.3) is 0 Å². The Morgan fingerprint density at radius 2 is 1.94 bits per heavy atom. The standard InChI is InChI=1S/C14H23NO/c1-10(2)13-6-5-11(3)9-14(13)16-12(4)7-8-15/h5-6,9-10,12H,7-8,15H2,1-4H3. The molecule has 1 atom stereocenters. The largest absolute Gasteiger partial charge is 0.490 e. The molecule has 0 aromatic heterocycles.